The average Bonchev–Trinajstić information content (AvgIpc) is 3.21. The molecule has 7 atom stereocenters. The summed E-state index contributed by atoms with van der Waals surface area (Å²) in [5.41, 5.74) is 0. The molecule has 4 bridgehead atoms. The molecule has 0 aromatic rings. The number of hydrogen-bond donors (Lipinski definition) is 0. The molecule has 0 amide bonds. The fourth-order valence-corrected chi connectivity index (χ4v) is 6.27. The quantitative estimate of drug-likeness (QED) is 0.355. The minimum atomic E-state index is -3.85. The van der Waals surface area contributed by atoms with Crippen molar-refractivity contribution in [2.24, 2.45) is 41.4 Å². The maximum atomic E-state index is 14.6. The summed E-state index contributed by atoms with van der Waals surface area (Å²) in [7, 11) is 0. The van der Waals surface area contributed by atoms with Crippen molar-refractivity contribution in [2.75, 3.05) is 0 Å². The third kappa shape index (κ3) is 1.81. The van der Waals surface area contributed by atoms with Gasteiger partial charge < -0.3 is 0 Å². The van der Waals surface area contributed by atoms with Gasteiger partial charge >= 0.3 is 11.8 Å². The van der Waals surface area contributed by atoms with Crippen molar-refractivity contribution in [2.45, 2.75) is 57.3 Å². The predicted molar refractivity (Wildman–Crippen MR) is 76.8 cm³/mol. The number of halogens is 4. The maximum absolute atomic E-state index is 14.6. The third-order valence-electron chi connectivity index (χ3n) is 7.07. The molecule has 3 fully saturated rings. The average molecular weight is 316 g/mol. The van der Waals surface area contributed by atoms with Crippen molar-refractivity contribution < 1.29 is 17.6 Å². The van der Waals surface area contributed by atoms with Gasteiger partial charge in [0, 0.05) is 12.3 Å². The van der Waals surface area contributed by atoms with Crippen LogP contribution in [0.2, 0.25) is 0 Å². The molecular weight excluding hydrogens is 292 g/mol. The first-order chi connectivity index (χ1) is 10.4. The van der Waals surface area contributed by atoms with Crippen LogP contribution in [0.4, 0.5) is 17.6 Å². The minimum Gasteiger partial charge on any atom is -0.200 e. The second-order valence-electron chi connectivity index (χ2n) is 8.04. The van der Waals surface area contributed by atoms with Crippen LogP contribution in [-0.4, -0.2) is 11.8 Å². The first kappa shape index (κ1) is 15.0. The summed E-state index contributed by atoms with van der Waals surface area (Å²) < 4.78 is 57.5. The molecule has 0 aliphatic heterocycles. The number of hydrogen-bond acceptors (Lipinski definition) is 0. The highest BCUT2D eigenvalue weighted by Gasteiger charge is 2.70. The van der Waals surface area contributed by atoms with Crippen molar-refractivity contribution in [3.05, 3.63) is 12.2 Å². The van der Waals surface area contributed by atoms with E-state index in [0.717, 1.165) is 12.8 Å². The predicted octanol–water partition coefficient (Wildman–Crippen LogP) is 5.54. The Hall–Kier alpha value is -0.540. The summed E-state index contributed by atoms with van der Waals surface area (Å²) in [6.45, 7) is 1.76. The van der Waals surface area contributed by atoms with Crippen LogP contribution in [0, 0.1) is 41.4 Å². The van der Waals surface area contributed by atoms with Gasteiger partial charge in [0.15, 0.2) is 0 Å². The molecule has 0 aromatic heterocycles. The standard InChI is InChI=1S/C18H24F4/c1-2-3-6-17(19,20)18(21,22)14-9-12-8-13(14)16-11-5-4-10(7-11)15(12)16/h4-5,10-16H,2-3,6-9H2,1H3. The summed E-state index contributed by atoms with van der Waals surface area (Å²) in [6.07, 6.45) is 6.58. The molecule has 0 nitrogen and oxygen atoms in total. The van der Waals surface area contributed by atoms with Gasteiger partial charge in [-0.2, -0.15) is 17.6 Å². The lowest BCUT2D eigenvalue weighted by Gasteiger charge is -2.42. The van der Waals surface area contributed by atoms with Crippen LogP contribution in [-0.2, 0) is 0 Å². The van der Waals surface area contributed by atoms with E-state index in [1.807, 2.05) is 0 Å². The molecule has 0 spiro atoms. The van der Waals surface area contributed by atoms with Crippen LogP contribution in [0.5, 0.6) is 0 Å². The van der Waals surface area contributed by atoms with E-state index in [2.05, 4.69) is 12.2 Å². The van der Waals surface area contributed by atoms with Gasteiger partial charge in [-0.3, -0.25) is 0 Å². The zero-order valence-corrected chi connectivity index (χ0v) is 13.0. The number of alkyl halides is 4. The first-order valence-corrected chi connectivity index (χ1v) is 8.80. The molecule has 4 heteroatoms. The van der Waals surface area contributed by atoms with Crippen LogP contribution in [0.1, 0.15) is 45.4 Å². The monoisotopic (exact) mass is 316 g/mol. The summed E-state index contributed by atoms with van der Waals surface area (Å²) >= 11 is 0. The molecule has 0 heterocycles. The lowest BCUT2D eigenvalue weighted by Crippen LogP contribution is -2.50. The van der Waals surface area contributed by atoms with E-state index in [4.69, 9.17) is 0 Å². The fourth-order valence-electron chi connectivity index (χ4n) is 6.27. The van der Waals surface area contributed by atoms with Crippen molar-refractivity contribution in [3.8, 4) is 0 Å². The second kappa shape index (κ2) is 4.73. The Balaban J connectivity index is 1.56. The van der Waals surface area contributed by atoms with Crippen molar-refractivity contribution in [3.63, 3.8) is 0 Å². The van der Waals surface area contributed by atoms with Crippen LogP contribution in [0.15, 0.2) is 12.2 Å². The molecule has 3 saturated carbocycles. The van der Waals surface area contributed by atoms with E-state index >= 15 is 0 Å². The van der Waals surface area contributed by atoms with E-state index in [9.17, 15) is 17.6 Å². The zero-order chi connectivity index (χ0) is 15.7. The van der Waals surface area contributed by atoms with Gasteiger partial charge in [-0.1, -0.05) is 25.5 Å². The number of allylic oxidation sites excluding steroid dienone is 2. The Kier molecular flexibility index (Phi) is 3.23. The highest BCUT2D eigenvalue weighted by molar-refractivity contribution is 5.21. The van der Waals surface area contributed by atoms with E-state index in [0.29, 0.717) is 30.6 Å². The summed E-state index contributed by atoms with van der Waals surface area (Å²) in [6, 6.07) is 0. The number of unbranched alkanes of at least 4 members (excludes halogenated alkanes) is 1. The van der Waals surface area contributed by atoms with E-state index in [1.54, 1.807) is 6.92 Å². The molecule has 4 aliphatic carbocycles. The summed E-state index contributed by atoms with van der Waals surface area (Å²) in [5, 5.41) is 0. The Morgan fingerprint density at radius 3 is 2.32 bits per heavy atom. The smallest absolute Gasteiger partial charge is 0.200 e. The number of fused-ring (bicyclic) bond motifs is 9. The SMILES string of the molecule is CCCCC(F)(F)C(F)(F)C1CC2CC1C1C3C=CC(C3)C21. The normalized spacial score (nSPS) is 45.8. The third-order valence-corrected chi connectivity index (χ3v) is 7.07. The van der Waals surface area contributed by atoms with Crippen LogP contribution >= 0.6 is 0 Å². The van der Waals surface area contributed by atoms with Gasteiger partial charge in [-0.25, -0.2) is 0 Å². The molecule has 0 saturated heterocycles. The van der Waals surface area contributed by atoms with Crippen molar-refractivity contribution >= 4 is 0 Å². The molecule has 7 unspecified atom stereocenters. The lowest BCUT2D eigenvalue weighted by atomic mass is 9.67. The fraction of sp³-hybridized carbons (Fsp3) is 0.889. The largest absolute Gasteiger partial charge is 0.313 e. The van der Waals surface area contributed by atoms with Crippen molar-refractivity contribution in [1.29, 1.82) is 0 Å². The molecule has 4 aliphatic rings. The number of rotatable bonds is 5. The Morgan fingerprint density at radius 2 is 1.64 bits per heavy atom. The first-order valence-electron chi connectivity index (χ1n) is 8.80. The molecule has 0 radical (unpaired) electrons. The highest BCUT2D eigenvalue weighted by atomic mass is 19.3. The summed E-state index contributed by atoms with van der Waals surface area (Å²) in [5.74, 6) is -7.02. The molecule has 22 heavy (non-hydrogen) atoms. The Morgan fingerprint density at radius 1 is 0.955 bits per heavy atom. The maximum Gasteiger partial charge on any atom is 0.313 e. The summed E-state index contributed by atoms with van der Waals surface area (Å²) in [4.78, 5) is 0. The van der Waals surface area contributed by atoms with Gasteiger partial charge in [-0.15, -0.1) is 0 Å². The van der Waals surface area contributed by atoms with Crippen LogP contribution < -0.4 is 0 Å². The van der Waals surface area contributed by atoms with E-state index in [-0.39, 0.29) is 24.2 Å². The van der Waals surface area contributed by atoms with Crippen molar-refractivity contribution in [1.82, 2.24) is 0 Å². The Bertz CT molecular complexity index is 483. The Labute approximate surface area is 129 Å². The zero-order valence-electron chi connectivity index (χ0n) is 13.0. The molecule has 0 N–H and O–H groups in total. The van der Waals surface area contributed by atoms with Gasteiger partial charge in [0.1, 0.15) is 0 Å². The molecular formula is C18H24F4. The molecule has 124 valence electrons. The molecule has 4 rings (SSSR count). The van der Waals surface area contributed by atoms with E-state index < -0.39 is 24.2 Å². The van der Waals surface area contributed by atoms with E-state index in [1.165, 1.54) is 0 Å². The van der Waals surface area contributed by atoms with Gasteiger partial charge in [0.25, 0.3) is 0 Å². The minimum absolute atomic E-state index is 0.170. The second-order valence-corrected chi connectivity index (χ2v) is 8.04. The molecule has 0 aromatic carbocycles. The van der Waals surface area contributed by atoms with Crippen LogP contribution in [0.3, 0.4) is 0 Å². The van der Waals surface area contributed by atoms with Gasteiger partial charge in [0.05, 0.1) is 0 Å². The highest BCUT2D eigenvalue weighted by Crippen LogP contribution is 2.69. The lowest BCUT2D eigenvalue weighted by molar-refractivity contribution is -0.251. The van der Waals surface area contributed by atoms with Crippen LogP contribution in [0.25, 0.3) is 0 Å². The topological polar surface area (TPSA) is 0 Å². The van der Waals surface area contributed by atoms with Gasteiger partial charge in [0.2, 0.25) is 0 Å². The van der Waals surface area contributed by atoms with Gasteiger partial charge in [-0.05, 0) is 61.2 Å².